The van der Waals surface area contributed by atoms with Crippen LogP contribution in [0.1, 0.15) is 12.8 Å². The Kier molecular flexibility index (Phi) is 2.49. The molecular formula is C7H18N4. The van der Waals surface area contributed by atoms with Gasteiger partial charge in [-0.15, -0.1) is 0 Å². The minimum atomic E-state index is 0.184. The van der Waals surface area contributed by atoms with E-state index in [4.69, 9.17) is 11.5 Å². The summed E-state index contributed by atoms with van der Waals surface area (Å²) in [4.78, 5) is 0. The van der Waals surface area contributed by atoms with Gasteiger partial charge in [0.05, 0.1) is 0 Å². The summed E-state index contributed by atoms with van der Waals surface area (Å²) in [7, 11) is 4.15. The molecule has 1 aliphatic rings. The molecule has 2 unspecified atom stereocenters. The summed E-state index contributed by atoms with van der Waals surface area (Å²) in [6.45, 7) is 1.46. The van der Waals surface area contributed by atoms with Crippen LogP contribution in [-0.4, -0.2) is 42.9 Å². The molecule has 1 fully saturated rings. The van der Waals surface area contributed by atoms with Crippen molar-refractivity contribution in [1.82, 2.24) is 10.0 Å². The zero-order valence-electron chi connectivity index (χ0n) is 7.38. The van der Waals surface area contributed by atoms with Crippen molar-refractivity contribution in [3.63, 3.8) is 0 Å². The molecule has 4 N–H and O–H groups in total. The lowest BCUT2D eigenvalue weighted by molar-refractivity contribution is 0.412. The summed E-state index contributed by atoms with van der Waals surface area (Å²) < 4.78 is 0. The van der Waals surface area contributed by atoms with Crippen molar-refractivity contribution >= 4 is 0 Å². The normalized spacial score (nSPS) is 33.8. The monoisotopic (exact) mass is 158 g/mol. The standard InChI is InChI=1S/C7H18N4/c1-10-7(3-5-8,4-6-9)11(10)2/h3-6,8-9H2,1-2H3. The zero-order chi connectivity index (χ0) is 8.48. The van der Waals surface area contributed by atoms with Gasteiger partial charge in [0.15, 0.2) is 0 Å². The maximum Gasteiger partial charge on any atom is 0.102 e. The summed E-state index contributed by atoms with van der Waals surface area (Å²) in [6, 6.07) is 0. The Labute approximate surface area is 68.1 Å². The molecule has 1 saturated heterocycles. The molecule has 0 saturated carbocycles. The van der Waals surface area contributed by atoms with E-state index in [1.54, 1.807) is 0 Å². The van der Waals surface area contributed by atoms with Crippen molar-refractivity contribution in [2.24, 2.45) is 11.5 Å². The fraction of sp³-hybridized carbons (Fsp3) is 1.00. The lowest BCUT2D eigenvalue weighted by Crippen LogP contribution is -2.26. The Balaban J connectivity index is 2.47. The van der Waals surface area contributed by atoms with Gasteiger partial charge in [0.1, 0.15) is 5.66 Å². The maximum absolute atomic E-state index is 5.52. The van der Waals surface area contributed by atoms with Crippen molar-refractivity contribution in [1.29, 1.82) is 0 Å². The molecule has 0 bridgehead atoms. The summed E-state index contributed by atoms with van der Waals surface area (Å²) in [5, 5.41) is 4.40. The molecule has 1 aliphatic heterocycles. The van der Waals surface area contributed by atoms with Crippen LogP contribution in [0, 0.1) is 0 Å². The zero-order valence-corrected chi connectivity index (χ0v) is 7.38. The maximum atomic E-state index is 5.52. The van der Waals surface area contributed by atoms with Crippen LogP contribution in [0.2, 0.25) is 0 Å². The number of nitrogens with zero attached hydrogens (tertiary/aromatic N) is 2. The number of hydrogen-bond donors (Lipinski definition) is 2. The number of nitrogens with two attached hydrogens (primary N) is 2. The van der Waals surface area contributed by atoms with Gasteiger partial charge in [0.2, 0.25) is 0 Å². The van der Waals surface area contributed by atoms with E-state index < -0.39 is 0 Å². The number of rotatable bonds is 4. The molecule has 66 valence electrons. The van der Waals surface area contributed by atoms with Gasteiger partial charge in [-0.3, -0.25) is 0 Å². The highest BCUT2D eigenvalue weighted by molar-refractivity contribution is 4.97. The predicted octanol–water partition coefficient (Wildman–Crippen LogP) is -0.827. The van der Waals surface area contributed by atoms with Crippen LogP contribution in [0.5, 0.6) is 0 Å². The fourth-order valence-electron chi connectivity index (χ4n) is 1.78. The lowest BCUT2D eigenvalue weighted by atomic mass is 10.1. The second-order valence-corrected chi connectivity index (χ2v) is 3.11. The summed E-state index contributed by atoms with van der Waals surface area (Å²) in [5.74, 6) is 0. The molecule has 0 spiro atoms. The molecule has 4 nitrogen and oxygen atoms in total. The first-order valence-corrected chi connectivity index (χ1v) is 4.07. The molecule has 0 aliphatic carbocycles. The smallest absolute Gasteiger partial charge is 0.102 e. The van der Waals surface area contributed by atoms with Gasteiger partial charge < -0.3 is 11.5 Å². The first-order chi connectivity index (χ1) is 5.19. The molecule has 2 atom stereocenters. The average molecular weight is 158 g/mol. The van der Waals surface area contributed by atoms with Gasteiger partial charge in [-0.2, -0.15) is 0 Å². The molecule has 0 radical (unpaired) electrons. The van der Waals surface area contributed by atoms with Crippen LogP contribution < -0.4 is 11.5 Å². The van der Waals surface area contributed by atoms with Crippen molar-refractivity contribution < 1.29 is 0 Å². The van der Waals surface area contributed by atoms with Crippen LogP contribution in [0.25, 0.3) is 0 Å². The molecule has 11 heavy (non-hydrogen) atoms. The van der Waals surface area contributed by atoms with E-state index in [0.717, 1.165) is 25.9 Å². The Morgan fingerprint density at radius 3 is 1.55 bits per heavy atom. The molecule has 0 aromatic heterocycles. The molecule has 0 amide bonds. The minimum Gasteiger partial charge on any atom is -0.330 e. The molecule has 4 heteroatoms. The Morgan fingerprint density at radius 2 is 1.36 bits per heavy atom. The van der Waals surface area contributed by atoms with E-state index in [1.165, 1.54) is 0 Å². The largest absolute Gasteiger partial charge is 0.330 e. The first kappa shape index (κ1) is 8.93. The van der Waals surface area contributed by atoms with Gasteiger partial charge in [-0.25, -0.2) is 10.0 Å². The minimum absolute atomic E-state index is 0.184. The van der Waals surface area contributed by atoms with E-state index in [2.05, 4.69) is 24.1 Å². The molecular weight excluding hydrogens is 140 g/mol. The molecule has 0 aromatic carbocycles. The lowest BCUT2D eigenvalue weighted by Gasteiger charge is -2.11. The van der Waals surface area contributed by atoms with Crippen molar-refractivity contribution in [2.45, 2.75) is 18.5 Å². The highest BCUT2D eigenvalue weighted by Crippen LogP contribution is 2.40. The van der Waals surface area contributed by atoms with Crippen LogP contribution >= 0.6 is 0 Å². The van der Waals surface area contributed by atoms with E-state index >= 15 is 0 Å². The highest BCUT2D eigenvalue weighted by atomic mass is 15.9. The first-order valence-electron chi connectivity index (χ1n) is 4.07. The highest BCUT2D eigenvalue weighted by Gasteiger charge is 2.54. The third-order valence-corrected chi connectivity index (χ3v) is 2.70. The van der Waals surface area contributed by atoms with Crippen molar-refractivity contribution in [3.8, 4) is 0 Å². The average Bonchev–Trinajstić information content (AvgIpc) is 2.44. The Bertz CT molecular complexity index is 120. The van der Waals surface area contributed by atoms with Crippen LogP contribution in [0.3, 0.4) is 0 Å². The summed E-state index contributed by atoms with van der Waals surface area (Å²) in [6.07, 6.45) is 2.02. The van der Waals surface area contributed by atoms with Gasteiger partial charge in [-0.1, -0.05) is 0 Å². The number of hydrogen-bond acceptors (Lipinski definition) is 4. The molecule has 1 rings (SSSR count). The van der Waals surface area contributed by atoms with Crippen molar-refractivity contribution in [3.05, 3.63) is 0 Å². The summed E-state index contributed by atoms with van der Waals surface area (Å²) >= 11 is 0. The SMILES string of the molecule is CN1N(C)C1(CCN)CCN. The fourth-order valence-corrected chi connectivity index (χ4v) is 1.78. The predicted molar refractivity (Wildman–Crippen MR) is 45.6 cm³/mol. The Hall–Kier alpha value is -0.160. The summed E-state index contributed by atoms with van der Waals surface area (Å²) in [5.41, 5.74) is 11.2. The molecule has 1 heterocycles. The van der Waals surface area contributed by atoms with Gasteiger partial charge >= 0.3 is 0 Å². The molecule has 0 aromatic rings. The van der Waals surface area contributed by atoms with Crippen molar-refractivity contribution in [2.75, 3.05) is 27.2 Å². The quantitative estimate of drug-likeness (QED) is 0.524. The van der Waals surface area contributed by atoms with Gasteiger partial charge in [0.25, 0.3) is 0 Å². The third-order valence-electron chi connectivity index (χ3n) is 2.70. The van der Waals surface area contributed by atoms with Crippen LogP contribution in [0.15, 0.2) is 0 Å². The van der Waals surface area contributed by atoms with Gasteiger partial charge in [0, 0.05) is 14.1 Å². The van der Waals surface area contributed by atoms with E-state index in [-0.39, 0.29) is 5.66 Å². The van der Waals surface area contributed by atoms with Crippen LogP contribution in [0.4, 0.5) is 0 Å². The second kappa shape index (κ2) is 3.06. The Morgan fingerprint density at radius 1 is 1.00 bits per heavy atom. The van der Waals surface area contributed by atoms with Crippen LogP contribution in [-0.2, 0) is 0 Å². The topological polar surface area (TPSA) is 58.1 Å². The third kappa shape index (κ3) is 1.27. The van der Waals surface area contributed by atoms with E-state index in [1.807, 2.05) is 0 Å². The van der Waals surface area contributed by atoms with Gasteiger partial charge in [-0.05, 0) is 25.9 Å². The number of hydrazine groups is 1. The van der Waals surface area contributed by atoms with E-state index in [0.29, 0.717) is 0 Å². The van der Waals surface area contributed by atoms with E-state index in [9.17, 15) is 0 Å². The second-order valence-electron chi connectivity index (χ2n) is 3.11.